The number of carbonyl (C=O) groups is 1. The minimum Gasteiger partial charge on any atom is -0.493 e. The highest BCUT2D eigenvalue weighted by atomic mass is 79.9. The molecule has 3 aromatic carbocycles. The molecule has 2 heterocycles. The van der Waals surface area contributed by atoms with Crippen molar-refractivity contribution >= 4 is 68.4 Å². The number of rotatable bonds is 10. The Bertz CT molecular complexity index is 1710. The molecule has 1 aliphatic rings. The molecular weight excluding hydrogens is 673 g/mol. The maximum Gasteiger partial charge on any atom is 0.255 e. The van der Waals surface area contributed by atoms with Crippen LogP contribution < -0.4 is 20.1 Å². The maximum atomic E-state index is 13.9. The fourth-order valence-electron chi connectivity index (χ4n) is 4.74. The van der Waals surface area contributed by atoms with Crippen LogP contribution in [0.4, 0.5) is 11.6 Å². The summed E-state index contributed by atoms with van der Waals surface area (Å²) < 4.78 is 14.4. The molecule has 2 N–H and O–H groups in total. The third-order valence-corrected chi connectivity index (χ3v) is 8.96. The van der Waals surface area contributed by atoms with Crippen molar-refractivity contribution in [3.05, 3.63) is 97.1 Å². The van der Waals surface area contributed by atoms with Crippen LogP contribution in [0.25, 0.3) is 0 Å². The number of nitrogens with one attached hydrogen (secondary N) is 2. The lowest BCUT2D eigenvalue weighted by Gasteiger charge is -2.29. The van der Waals surface area contributed by atoms with Crippen LogP contribution in [-0.4, -0.2) is 33.5 Å². The van der Waals surface area contributed by atoms with Crippen LogP contribution in [0.3, 0.4) is 0 Å². The molecule has 0 saturated heterocycles. The van der Waals surface area contributed by atoms with Gasteiger partial charge in [-0.2, -0.15) is 4.98 Å². The Morgan fingerprint density at radius 3 is 2.70 bits per heavy atom. The number of thioether (sulfide) groups is 1. The van der Waals surface area contributed by atoms with E-state index in [-0.39, 0.29) is 12.5 Å². The summed E-state index contributed by atoms with van der Waals surface area (Å²) in [6.45, 7) is 6.16. The van der Waals surface area contributed by atoms with Crippen LogP contribution in [0.5, 0.6) is 11.5 Å². The first-order valence-electron chi connectivity index (χ1n) is 13.6. The van der Waals surface area contributed by atoms with Crippen LogP contribution >= 0.6 is 50.9 Å². The molecule has 0 saturated carbocycles. The average molecular weight is 703 g/mol. The maximum absolute atomic E-state index is 13.9. The fourth-order valence-corrected chi connectivity index (χ4v) is 6.46. The molecule has 1 atom stereocenters. The zero-order chi connectivity index (χ0) is 30.7. The molecule has 0 fully saturated rings. The van der Waals surface area contributed by atoms with E-state index < -0.39 is 6.04 Å². The Kier molecular flexibility index (Phi) is 9.91. The van der Waals surface area contributed by atoms with Crippen molar-refractivity contribution in [2.24, 2.45) is 0 Å². The van der Waals surface area contributed by atoms with Gasteiger partial charge in [0.2, 0.25) is 11.1 Å². The summed E-state index contributed by atoms with van der Waals surface area (Å²) in [5.41, 5.74) is 4.46. The summed E-state index contributed by atoms with van der Waals surface area (Å²) >= 11 is 17.7. The number of hydrogen-bond donors (Lipinski definition) is 2. The first-order valence-corrected chi connectivity index (χ1v) is 16.1. The van der Waals surface area contributed by atoms with E-state index in [1.54, 1.807) is 35.7 Å². The molecule has 1 aromatic heterocycles. The van der Waals surface area contributed by atoms with Crippen LogP contribution in [0, 0.1) is 6.92 Å². The number of ether oxygens (including phenoxy) is 2. The third kappa shape index (κ3) is 6.98. The van der Waals surface area contributed by atoms with Crippen molar-refractivity contribution in [3.63, 3.8) is 0 Å². The van der Waals surface area contributed by atoms with Crippen LogP contribution in [0.1, 0.15) is 43.0 Å². The zero-order valence-corrected chi connectivity index (χ0v) is 27.9. The topological polar surface area (TPSA) is 90.3 Å². The first kappa shape index (κ1) is 31.3. The largest absolute Gasteiger partial charge is 0.493 e. The van der Waals surface area contributed by atoms with Crippen LogP contribution in [0.15, 0.2) is 75.5 Å². The van der Waals surface area contributed by atoms with Crippen molar-refractivity contribution in [2.75, 3.05) is 23.5 Å². The average Bonchev–Trinajstić information content (AvgIpc) is 3.37. The van der Waals surface area contributed by atoms with E-state index in [9.17, 15) is 4.79 Å². The van der Waals surface area contributed by atoms with E-state index in [1.807, 2.05) is 56.3 Å². The van der Waals surface area contributed by atoms with Crippen molar-refractivity contribution in [1.29, 1.82) is 0 Å². The minimum absolute atomic E-state index is 0.200. The SMILES string of the molecule is CCCSc1nc2n(n1)C(c1cc(Br)c(OCc3ccc(Cl)cc3Cl)c(OC)c1)C(C(=O)Nc1cccc(C)c1)=C(C)N2. The highest BCUT2D eigenvalue weighted by molar-refractivity contribution is 9.10. The summed E-state index contributed by atoms with van der Waals surface area (Å²) in [4.78, 5) is 18.6. The molecule has 43 heavy (non-hydrogen) atoms. The second-order valence-corrected chi connectivity index (χ2v) is 12.7. The molecule has 0 bridgehead atoms. The van der Waals surface area contributed by atoms with Gasteiger partial charge in [0.15, 0.2) is 11.5 Å². The van der Waals surface area contributed by atoms with Gasteiger partial charge in [-0.15, -0.1) is 5.10 Å². The normalized spacial score (nSPS) is 14.3. The van der Waals surface area contributed by atoms with E-state index in [0.29, 0.717) is 54.1 Å². The second kappa shape index (κ2) is 13.6. The lowest BCUT2D eigenvalue weighted by atomic mass is 9.94. The quantitative estimate of drug-likeness (QED) is 0.160. The van der Waals surface area contributed by atoms with Gasteiger partial charge in [0.05, 0.1) is 17.2 Å². The van der Waals surface area contributed by atoms with Crippen molar-refractivity contribution < 1.29 is 14.3 Å². The Morgan fingerprint density at radius 1 is 1.16 bits per heavy atom. The number of halogens is 3. The number of nitrogens with zero attached hydrogens (tertiary/aromatic N) is 3. The molecule has 1 amide bonds. The lowest BCUT2D eigenvalue weighted by Crippen LogP contribution is -2.31. The van der Waals surface area contributed by atoms with E-state index in [4.69, 9.17) is 42.8 Å². The Balaban J connectivity index is 1.55. The van der Waals surface area contributed by atoms with Gasteiger partial charge in [0.25, 0.3) is 5.91 Å². The highest BCUT2D eigenvalue weighted by Crippen LogP contribution is 2.43. The second-order valence-electron chi connectivity index (χ2n) is 9.96. The summed E-state index contributed by atoms with van der Waals surface area (Å²) in [6.07, 6.45) is 0.986. The summed E-state index contributed by atoms with van der Waals surface area (Å²) in [5, 5.41) is 12.9. The van der Waals surface area contributed by atoms with Crippen molar-refractivity contribution in [3.8, 4) is 11.5 Å². The number of anilines is 2. The van der Waals surface area contributed by atoms with Gasteiger partial charge in [-0.1, -0.05) is 60.1 Å². The fraction of sp³-hybridized carbons (Fsp3) is 0.258. The lowest BCUT2D eigenvalue weighted by molar-refractivity contribution is -0.113. The number of fused-ring (bicyclic) bond motifs is 1. The Morgan fingerprint density at radius 2 is 1.98 bits per heavy atom. The minimum atomic E-state index is -0.602. The van der Waals surface area contributed by atoms with Gasteiger partial charge in [-0.05, 0) is 83.7 Å². The molecule has 224 valence electrons. The molecule has 12 heteroatoms. The predicted molar refractivity (Wildman–Crippen MR) is 177 cm³/mol. The smallest absolute Gasteiger partial charge is 0.255 e. The van der Waals surface area contributed by atoms with Crippen LogP contribution in [-0.2, 0) is 11.4 Å². The number of aryl methyl sites for hydroxylation is 1. The highest BCUT2D eigenvalue weighted by Gasteiger charge is 2.35. The Hall–Kier alpha value is -3.18. The van der Waals surface area contributed by atoms with E-state index >= 15 is 0 Å². The van der Waals surface area contributed by atoms with E-state index in [0.717, 1.165) is 28.9 Å². The Labute approximate surface area is 273 Å². The van der Waals surface area contributed by atoms with Gasteiger partial charge in [0, 0.05) is 32.7 Å². The molecule has 0 spiro atoms. The first-order chi connectivity index (χ1) is 20.7. The van der Waals surface area contributed by atoms with Gasteiger partial charge < -0.3 is 20.1 Å². The van der Waals surface area contributed by atoms with Crippen molar-refractivity contribution in [2.45, 2.75) is 45.0 Å². The molecule has 0 radical (unpaired) electrons. The number of amides is 1. The molecule has 8 nitrogen and oxygen atoms in total. The number of allylic oxidation sites excluding steroid dienone is 1. The predicted octanol–water partition coefficient (Wildman–Crippen LogP) is 8.67. The molecule has 5 rings (SSSR count). The number of methoxy groups -OCH3 is 1. The van der Waals surface area contributed by atoms with E-state index in [2.05, 4.69) is 33.5 Å². The molecule has 4 aromatic rings. The van der Waals surface area contributed by atoms with E-state index in [1.165, 1.54) is 0 Å². The number of hydrogen-bond acceptors (Lipinski definition) is 7. The zero-order valence-electron chi connectivity index (χ0n) is 24.0. The van der Waals surface area contributed by atoms with Gasteiger partial charge in [0.1, 0.15) is 12.6 Å². The molecular formula is C31H30BrCl2N5O3S. The third-order valence-electron chi connectivity index (χ3n) is 6.74. The van der Waals surface area contributed by atoms with Crippen LogP contribution in [0.2, 0.25) is 10.0 Å². The number of aromatic nitrogens is 3. The van der Waals surface area contributed by atoms with Gasteiger partial charge in [-0.3, -0.25) is 4.79 Å². The van der Waals surface area contributed by atoms with Gasteiger partial charge >= 0.3 is 0 Å². The number of carbonyl (C=O) groups excluding carboxylic acids is 1. The standard InChI is InChI=1S/C31H30BrCl2N5O3S/c1-5-11-43-31-37-30-35-18(3)26(29(40)36-22-8-6-7-17(2)12-22)27(39(30)38-31)20-13-23(32)28(25(14-20)41-4)42-16-19-9-10-21(33)15-24(19)34/h6-10,12-15,27H,5,11,16H2,1-4H3,(H,36,40)(H,35,37,38). The summed E-state index contributed by atoms with van der Waals surface area (Å²) in [6, 6.07) is 16.1. The molecule has 0 aliphatic carbocycles. The summed E-state index contributed by atoms with van der Waals surface area (Å²) in [7, 11) is 1.57. The van der Waals surface area contributed by atoms with Crippen molar-refractivity contribution in [1.82, 2.24) is 14.8 Å². The molecule has 1 aliphatic heterocycles. The summed E-state index contributed by atoms with van der Waals surface area (Å²) in [5.74, 6) is 2.16. The van der Waals surface area contributed by atoms with Gasteiger partial charge in [-0.25, -0.2) is 4.68 Å². The monoisotopic (exact) mass is 701 g/mol. The molecule has 1 unspecified atom stereocenters. The number of benzene rings is 3.